The number of hydrogen-bond acceptors (Lipinski definition) is 4. The molecule has 2 N–H and O–H groups in total. The molecule has 1 aromatic rings. The normalized spacial score (nSPS) is 13.2. The van der Waals surface area contributed by atoms with E-state index in [4.69, 9.17) is 14.6 Å². The monoisotopic (exact) mass is 337 g/mol. The van der Waals surface area contributed by atoms with Crippen molar-refractivity contribution in [1.82, 2.24) is 5.32 Å². The Kier molecular flexibility index (Phi) is 7.07. The molecule has 0 bridgehead atoms. The summed E-state index contributed by atoms with van der Waals surface area (Å²) in [6, 6.07) is 4.95. The first kappa shape index (κ1) is 19.8. The zero-order valence-electron chi connectivity index (χ0n) is 15.0. The fraction of sp³-hybridized carbons (Fsp3) is 0.556. The van der Waals surface area contributed by atoms with Gasteiger partial charge in [-0.3, -0.25) is 9.59 Å². The van der Waals surface area contributed by atoms with Crippen LogP contribution in [0, 0.1) is 5.92 Å². The number of ether oxygens (including phenoxy) is 2. The predicted molar refractivity (Wildman–Crippen MR) is 91.7 cm³/mol. The van der Waals surface area contributed by atoms with Crippen molar-refractivity contribution in [3.8, 4) is 11.5 Å². The zero-order valence-corrected chi connectivity index (χ0v) is 15.0. The standard InChI is InChI=1S/C18H27NO5/c1-6-23-14-9-8-13(10-15(14)24-7-2)17(22)19-18(5,12(3)4)11-16(20)21/h8-10,12H,6-7,11H2,1-5H3,(H,19,22)(H,20,21). The van der Waals surface area contributed by atoms with E-state index >= 15 is 0 Å². The minimum absolute atomic E-state index is 0.0355. The summed E-state index contributed by atoms with van der Waals surface area (Å²) in [6.45, 7) is 10.2. The van der Waals surface area contributed by atoms with E-state index in [0.717, 1.165) is 0 Å². The highest BCUT2D eigenvalue weighted by atomic mass is 16.5. The molecule has 134 valence electrons. The minimum Gasteiger partial charge on any atom is -0.490 e. The smallest absolute Gasteiger partial charge is 0.305 e. The van der Waals surface area contributed by atoms with E-state index in [2.05, 4.69) is 5.32 Å². The molecule has 0 heterocycles. The lowest BCUT2D eigenvalue weighted by atomic mass is 9.85. The van der Waals surface area contributed by atoms with Crippen molar-refractivity contribution in [3.63, 3.8) is 0 Å². The lowest BCUT2D eigenvalue weighted by molar-refractivity contribution is -0.138. The van der Waals surface area contributed by atoms with Gasteiger partial charge in [0, 0.05) is 5.56 Å². The SMILES string of the molecule is CCOc1ccc(C(=O)NC(C)(CC(=O)O)C(C)C)cc1OCC. The van der Waals surface area contributed by atoms with Crippen molar-refractivity contribution < 1.29 is 24.2 Å². The third kappa shape index (κ3) is 5.15. The van der Waals surface area contributed by atoms with Crippen LogP contribution < -0.4 is 14.8 Å². The molecule has 0 aliphatic rings. The average Bonchev–Trinajstić information content (AvgIpc) is 2.48. The molecular weight excluding hydrogens is 310 g/mol. The molecule has 0 saturated heterocycles. The van der Waals surface area contributed by atoms with E-state index in [1.165, 1.54) is 0 Å². The average molecular weight is 337 g/mol. The Hall–Kier alpha value is -2.24. The first-order valence-corrected chi connectivity index (χ1v) is 8.17. The molecule has 1 rings (SSSR count). The fourth-order valence-corrected chi connectivity index (χ4v) is 2.23. The van der Waals surface area contributed by atoms with E-state index in [-0.39, 0.29) is 18.2 Å². The largest absolute Gasteiger partial charge is 0.490 e. The Morgan fingerprint density at radius 1 is 1.17 bits per heavy atom. The zero-order chi connectivity index (χ0) is 18.3. The molecule has 6 nitrogen and oxygen atoms in total. The van der Waals surface area contributed by atoms with Gasteiger partial charge in [0.05, 0.1) is 25.2 Å². The summed E-state index contributed by atoms with van der Waals surface area (Å²) in [7, 11) is 0. The molecule has 0 radical (unpaired) electrons. The van der Waals surface area contributed by atoms with Crippen LogP contribution in [0.1, 0.15) is 51.4 Å². The van der Waals surface area contributed by atoms with Gasteiger partial charge in [0.1, 0.15) is 0 Å². The topological polar surface area (TPSA) is 84.9 Å². The molecule has 1 unspecified atom stereocenters. The second-order valence-electron chi connectivity index (χ2n) is 6.12. The summed E-state index contributed by atoms with van der Waals surface area (Å²) in [6.07, 6.45) is -0.147. The van der Waals surface area contributed by atoms with Crippen LogP contribution in [0.3, 0.4) is 0 Å². The number of carboxylic acid groups (broad SMARTS) is 1. The Morgan fingerprint density at radius 2 is 1.75 bits per heavy atom. The van der Waals surface area contributed by atoms with Crippen molar-refractivity contribution in [3.05, 3.63) is 23.8 Å². The summed E-state index contributed by atoms with van der Waals surface area (Å²) < 4.78 is 11.0. The Balaban J connectivity index is 3.05. The van der Waals surface area contributed by atoms with Crippen molar-refractivity contribution in [1.29, 1.82) is 0 Å². The van der Waals surface area contributed by atoms with Crippen LogP contribution in [-0.2, 0) is 4.79 Å². The highest BCUT2D eigenvalue weighted by Gasteiger charge is 2.33. The number of amides is 1. The number of carbonyl (C=O) groups excluding carboxylic acids is 1. The predicted octanol–water partition coefficient (Wildman–Crippen LogP) is 3.10. The number of benzene rings is 1. The first-order chi connectivity index (χ1) is 11.2. The number of nitrogens with one attached hydrogen (secondary N) is 1. The summed E-state index contributed by atoms with van der Waals surface area (Å²) >= 11 is 0. The third-order valence-electron chi connectivity index (χ3n) is 4.00. The van der Waals surface area contributed by atoms with Crippen LogP contribution in [0.15, 0.2) is 18.2 Å². The van der Waals surface area contributed by atoms with Crippen LogP contribution >= 0.6 is 0 Å². The van der Waals surface area contributed by atoms with Gasteiger partial charge in [-0.2, -0.15) is 0 Å². The lowest BCUT2D eigenvalue weighted by Gasteiger charge is -2.33. The van der Waals surface area contributed by atoms with E-state index in [9.17, 15) is 9.59 Å². The highest BCUT2D eigenvalue weighted by Crippen LogP contribution is 2.29. The Morgan fingerprint density at radius 3 is 2.25 bits per heavy atom. The maximum absolute atomic E-state index is 12.6. The minimum atomic E-state index is -0.951. The maximum atomic E-state index is 12.6. The molecule has 0 fully saturated rings. The van der Waals surface area contributed by atoms with E-state index in [1.807, 2.05) is 27.7 Å². The molecule has 0 aliphatic heterocycles. The van der Waals surface area contributed by atoms with Gasteiger partial charge < -0.3 is 19.9 Å². The summed E-state index contributed by atoms with van der Waals surface area (Å²) in [5, 5.41) is 11.9. The molecule has 0 saturated carbocycles. The fourth-order valence-electron chi connectivity index (χ4n) is 2.23. The Bertz CT molecular complexity index is 585. The van der Waals surface area contributed by atoms with E-state index in [1.54, 1.807) is 25.1 Å². The third-order valence-corrected chi connectivity index (χ3v) is 4.00. The number of rotatable bonds is 9. The van der Waals surface area contributed by atoms with Crippen molar-refractivity contribution in [2.75, 3.05) is 13.2 Å². The van der Waals surface area contributed by atoms with Gasteiger partial charge in [-0.15, -0.1) is 0 Å². The summed E-state index contributed by atoms with van der Waals surface area (Å²) in [4.78, 5) is 23.7. The molecule has 1 atom stereocenters. The maximum Gasteiger partial charge on any atom is 0.305 e. The van der Waals surface area contributed by atoms with Gasteiger partial charge in [0.15, 0.2) is 11.5 Å². The number of aliphatic carboxylic acids is 1. The van der Waals surface area contributed by atoms with Gasteiger partial charge in [-0.1, -0.05) is 13.8 Å². The number of carbonyl (C=O) groups is 2. The molecule has 1 amide bonds. The van der Waals surface area contributed by atoms with Gasteiger partial charge in [0.2, 0.25) is 0 Å². The van der Waals surface area contributed by atoms with Crippen LogP contribution in [0.2, 0.25) is 0 Å². The second kappa shape index (κ2) is 8.57. The molecule has 0 spiro atoms. The van der Waals surface area contributed by atoms with E-state index < -0.39 is 11.5 Å². The van der Waals surface area contributed by atoms with Gasteiger partial charge in [-0.05, 0) is 44.9 Å². The summed E-state index contributed by atoms with van der Waals surface area (Å²) in [5.74, 6) is -0.249. The van der Waals surface area contributed by atoms with Gasteiger partial charge in [0.25, 0.3) is 5.91 Å². The number of carboxylic acids is 1. The van der Waals surface area contributed by atoms with Gasteiger partial charge in [-0.25, -0.2) is 0 Å². The molecule has 6 heteroatoms. The van der Waals surface area contributed by atoms with Crippen molar-refractivity contribution >= 4 is 11.9 Å². The molecular formula is C18H27NO5. The second-order valence-corrected chi connectivity index (χ2v) is 6.12. The van der Waals surface area contributed by atoms with Crippen molar-refractivity contribution in [2.24, 2.45) is 5.92 Å². The molecule has 0 aromatic heterocycles. The quantitative estimate of drug-likeness (QED) is 0.723. The summed E-state index contributed by atoms with van der Waals surface area (Å²) in [5.41, 5.74) is -0.438. The van der Waals surface area contributed by atoms with Crippen LogP contribution in [0.25, 0.3) is 0 Å². The van der Waals surface area contributed by atoms with Crippen molar-refractivity contribution in [2.45, 2.75) is 46.6 Å². The van der Waals surface area contributed by atoms with Crippen LogP contribution in [0.4, 0.5) is 0 Å². The highest BCUT2D eigenvalue weighted by molar-refractivity contribution is 5.95. The first-order valence-electron chi connectivity index (χ1n) is 8.17. The molecule has 1 aromatic carbocycles. The Labute approximate surface area is 143 Å². The van der Waals surface area contributed by atoms with Crippen LogP contribution in [0.5, 0.6) is 11.5 Å². The number of hydrogen-bond donors (Lipinski definition) is 2. The van der Waals surface area contributed by atoms with Gasteiger partial charge >= 0.3 is 5.97 Å². The lowest BCUT2D eigenvalue weighted by Crippen LogP contribution is -2.51. The van der Waals surface area contributed by atoms with E-state index in [0.29, 0.717) is 30.3 Å². The molecule has 24 heavy (non-hydrogen) atoms. The molecule has 0 aliphatic carbocycles. The van der Waals surface area contributed by atoms with Crippen LogP contribution in [-0.4, -0.2) is 35.7 Å².